The molecule has 0 saturated carbocycles. The number of carbonyl (C=O) groups excluding carboxylic acids is 2. The van der Waals surface area contributed by atoms with Crippen molar-refractivity contribution >= 4 is 23.2 Å². The number of fused-ring (bicyclic) bond motifs is 1. The molecule has 6 nitrogen and oxygen atoms in total. The van der Waals surface area contributed by atoms with E-state index in [2.05, 4.69) is 11.4 Å². The Morgan fingerprint density at radius 3 is 2.73 bits per heavy atom. The highest BCUT2D eigenvalue weighted by atomic mass is 32.1. The summed E-state index contributed by atoms with van der Waals surface area (Å²) in [4.78, 5) is 31.4. The van der Waals surface area contributed by atoms with Gasteiger partial charge in [0.1, 0.15) is 12.4 Å². The van der Waals surface area contributed by atoms with Crippen LogP contribution in [0.1, 0.15) is 48.7 Å². The van der Waals surface area contributed by atoms with Gasteiger partial charge in [0.25, 0.3) is 0 Å². The van der Waals surface area contributed by atoms with E-state index in [-0.39, 0.29) is 36.4 Å². The molecule has 33 heavy (non-hydrogen) atoms. The predicted molar refractivity (Wildman–Crippen MR) is 130 cm³/mol. The molecule has 2 aliphatic heterocycles. The van der Waals surface area contributed by atoms with E-state index in [1.807, 2.05) is 49.9 Å². The average molecular weight is 471 g/mol. The number of amides is 2. The molecule has 1 saturated heterocycles. The zero-order valence-electron chi connectivity index (χ0n) is 19.8. The number of aryl methyl sites for hydroxylation is 1. The quantitative estimate of drug-likeness (QED) is 0.580. The van der Waals surface area contributed by atoms with E-state index in [1.54, 1.807) is 16.2 Å². The maximum absolute atomic E-state index is 13.5. The highest BCUT2D eigenvalue weighted by Gasteiger charge is 2.34. The van der Waals surface area contributed by atoms with Gasteiger partial charge in [0.2, 0.25) is 11.8 Å². The number of ether oxygens (including phenoxy) is 2. The van der Waals surface area contributed by atoms with Crippen molar-refractivity contribution in [2.24, 2.45) is 5.92 Å². The van der Waals surface area contributed by atoms with E-state index >= 15 is 0 Å². The second-order valence-corrected chi connectivity index (χ2v) is 10.3. The second-order valence-electron chi connectivity index (χ2n) is 9.28. The Kier molecular flexibility index (Phi) is 7.71. The molecule has 0 spiro atoms. The number of hydrogen-bond donors (Lipinski definition) is 0. The van der Waals surface area contributed by atoms with Gasteiger partial charge in [-0.1, -0.05) is 31.5 Å². The molecule has 2 atom stereocenters. The molecule has 0 aliphatic carbocycles. The van der Waals surface area contributed by atoms with Crippen LogP contribution in [0.2, 0.25) is 0 Å². The Labute approximate surface area is 200 Å². The topological polar surface area (TPSA) is 59.1 Å². The van der Waals surface area contributed by atoms with Crippen molar-refractivity contribution in [1.29, 1.82) is 0 Å². The maximum Gasteiger partial charge on any atom is 0.242 e. The van der Waals surface area contributed by atoms with Crippen LogP contribution in [0.5, 0.6) is 5.75 Å². The zero-order valence-corrected chi connectivity index (χ0v) is 20.6. The fraction of sp³-hybridized carbons (Fsp3) is 0.538. The third-order valence-corrected chi connectivity index (χ3v) is 7.42. The van der Waals surface area contributed by atoms with Crippen LogP contribution >= 0.6 is 11.3 Å². The standard InChI is InChI=1S/C26H34N2O4S/c1-18(2)26(30)27(15-21-5-4-13-31-21)16-25(29)28-12-10-24-22(11-14-33-24)23(28)17-32-20-8-6-19(3)7-9-20/h6-9,11,14,18,21,23H,4-5,10,12-13,15-17H2,1-3H3. The first kappa shape index (κ1) is 23.8. The van der Waals surface area contributed by atoms with Gasteiger partial charge in [-0.2, -0.15) is 0 Å². The Balaban J connectivity index is 1.49. The zero-order chi connectivity index (χ0) is 23.4. The lowest BCUT2D eigenvalue weighted by Crippen LogP contribution is -2.50. The van der Waals surface area contributed by atoms with Crippen molar-refractivity contribution in [3.05, 3.63) is 51.7 Å². The van der Waals surface area contributed by atoms with E-state index in [1.165, 1.54) is 10.4 Å². The summed E-state index contributed by atoms with van der Waals surface area (Å²) in [5, 5.41) is 2.09. The molecule has 2 unspecified atom stereocenters. The smallest absolute Gasteiger partial charge is 0.242 e. The first-order valence-corrected chi connectivity index (χ1v) is 12.8. The van der Waals surface area contributed by atoms with Crippen molar-refractivity contribution in [3.63, 3.8) is 0 Å². The number of carbonyl (C=O) groups is 2. The molecule has 2 aliphatic rings. The average Bonchev–Trinajstić information content (AvgIpc) is 3.49. The van der Waals surface area contributed by atoms with Crippen molar-refractivity contribution in [2.45, 2.75) is 52.2 Å². The molecule has 0 radical (unpaired) electrons. The van der Waals surface area contributed by atoms with Gasteiger partial charge in [-0.25, -0.2) is 0 Å². The van der Waals surface area contributed by atoms with Crippen molar-refractivity contribution in [3.8, 4) is 5.75 Å². The van der Waals surface area contributed by atoms with Gasteiger partial charge in [0.15, 0.2) is 0 Å². The summed E-state index contributed by atoms with van der Waals surface area (Å²) in [7, 11) is 0. The van der Waals surface area contributed by atoms with Crippen LogP contribution in [0.15, 0.2) is 35.7 Å². The summed E-state index contributed by atoms with van der Waals surface area (Å²) in [6, 6.07) is 9.91. The minimum Gasteiger partial charge on any atom is -0.491 e. The molecule has 0 N–H and O–H groups in total. The van der Waals surface area contributed by atoms with Gasteiger partial charge in [-0.15, -0.1) is 11.3 Å². The third kappa shape index (κ3) is 5.76. The highest BCUT2D eigenvalue weighted by molar-refractivity contribution is 7.10. The molecular weight excluding hydrogens is 436 g/mol. The summed E-state index contributed by atoms with van der Waals surface area (Å²) in [6.45, 7) is 8.12. The molecular formula is C26H34N2O4S. The molecule has 4 rings (SSSR count). The van der Waals surface area contributed by atoms with Gasteiger partial charge in [0, 0.05) is 30.5 Å². The molecule has 2 amide bonds. The largest absolute Gasteiger partial charge is 0.491 e. The fourth-order valence-electron chi connectivity index (χ4n) is 4.57. The van der Waals surface area contributed by atoms with Crippen LogP contribution in [-0.2, 0) is 20.7 Å². The maximum atomic E-state index is 13.5. The molecule has 0 bridgehead atoms. The van der Waals surface area contributed by atoms with Crippen LogP contribution in [0.4, 0.5) is 0 Å². The Bertz CT molecular complexity index is 949. The van der Waals surface area contributed by atoms with Crippen LogP contribution < -0.4 is 4.74 Å². The van der Waals surface area contributed by atoms with Crippen molar-refractivity contribution < 1.29 is 19.1 Å². The van der Waals surface area contributed by atoms with E-state index < -0.39 is 0 Å². The first-order valence-electron chi connectivity index (χ1n) is 11.9. The van der Waals surface area contributed by atoms with Crippen molar-refractivity contribution in [2.75, 3.05) is 32.8 Å². The molecule has 1 fully saturated rings. The monoisotopic (exact) mass is 470 g/mol. The number of hydrogen-bond acceptors (Lipinski definition) is 5. The van der Waals surface area contributed by atoms with Crippen molar-refractivity contribution in [1.82, 2.24) is 9.80 Å². The van der Waals surface area contributed by atoms with Gasteiger partial charge < -0.3 is 19.3 Å². The second kappa shape index (κ2) is 10.7. The molecule has 7 heteroatoms. The van der Waals surface area contributed by atoms with Gasteiger partial charge in [0.05, 0.1) is 18.7 Å². The third-order valence-electron chi connectivity index (χ3n) is 6.42. The van der Waals surface area contributed by atoms with Gasteiger partial charge in [-0.05, 0) is 55.3 Å². The first-order chi connectivity index (χ1) is 15.9. The van der Waals surface area contributed by atoms with E-state index in [9.17, 15) is 9.59 Å². The van der Waals surface area contributed by atoms with Crippen LogP contribution in [-0.4, -0.2) is 60.6 Å². The van der Waals surface area contributed by atoms with E-state index in [0.717, 1.165) is 37.2 Å². The number of rotatable bonds is 8. The molecule has 3 heterocycles. The van der Waals surface area contributed by atoms with Crippen LogP contribution in [0.25, 0.3) is 0 Å². The lowest BCUT2D eigenvalue weighted by molar-refractivity contribution is -0.145. The summed E-state index contributed by atoms with van der Waals surface area (Å²) >= 11 is 1.74. The molecule has 1 aromatic carbocycles. The number of benzene rings is 1. The van der Waals surface area contributed by atoms with Gasteiger partial charge >= 0.3 is 0 Å². The molecule has 178 valence electrons. The Morgan fingerprint density at radius 1 is 1.24 bits per heavy atom. The van der Waals surface area contributed by atoms with Crippen LogP contribution in [0, 0.1) is 12.8 Å². The number of thiophene rings is 1. The Hall–Kier alpha value is -2.38. The summed E-state index contributed by atoms with van der Waals surface area (Å²) in [6.07, 6.45) is 2.80. The lowest BCUT2D eigenvalue weighted by Gasteiger charge is -2.37. The van der Waals surface area contributed by atoms with Crippen LogP contribution in [0.3, 0.4) is 0 Å². The van der Waals surface area contributed by atoms with E-state index in [0.29, 0.717) is 19.7 Å². The fourth-order valence-corrected chi connectivity index (χ4v) is 5.50. The summed E-state index contributed by atoms with van der Waals surface area (Å²) in [5.74, 6) is 0.603. The predicted octanol–water partition coefficient (Wildman–Crippen LogP) is 4.22. The number of nitrogens with zero attached hydrogens (tertiary/aromatic N) is 2. The Morgan fingerprint density at radius 2 is 2.03 bits per heavy atom. The minimum atomic E-state index is -0.162. The molecule has 1 aromatic heterocycles. The van der Waals surface area contributed by atoms with E-state index in [4.69, 9.17) is 9.47 Å². The SMILES string of the molecule is Cc1ccc(OCC2c3ccsc3CCN2C(=O)CN(CC2CCCO2)C(=O)C(C)C)cc1. The lowest BCUT2D eigenvalue weighted by atomic mass is 10.00. The highest BCUT2D eigenvalue weighted by Crippen LogP contribution is 2.34. The summed E-state index contributed by atoms with van der Waals surface area (Å²) < 4.78 is 11.9. The summed E-state index contributed by atoms with van der Waals surface area (Å²) in [5.41, 5.74) is 2.34. The normalized spacial score (nSPS) is 20.1. The van der Waals surface area contributed by atoms with Gasteiger partial charge in [-0.3, -0.25) is 9.59 Å². The minimum absolute atomic E-state index is 0.000429. The molecule has 2 aromatic rings.